The number of esters is 2. The van der Waals surface area contributed by atoms with Crippen molar-refractivity contribution in [3.63, 3.8) is 0 Å². The summed E-state index contributed by atoms with van der Waals surface area (Å²) >= 11 is 0. The summed E-state index contributed by atoms with van der Waals surface area (Å²) in [7, 11) is 2.26. The Hall–Kier alpha value is -4.74. The van der Waals surface area contributed by atoms with Gasteiger partial charge in [0.15, 0.2) is 0 Å². The summed E-state index contributed by atoms with van der Waals surface area (Å²) in [4.78, 5) is 79.2. The zero-order valence-corrected chi connectivity index (χ0v) is 22.3. The summed E-state index contributed by atoms with van der Waals surface area (Å²) in [5.41, 5.74) is 1.64. The molecule has 0 saturated carbocycles. The number of nitrogens with one attached hydrogen (secondary N) is 2. The summed E-state index contributed by atoms with van der Waals surface area (Å²) in [6.07, 6.45) is -1.08. The molecule has 0 aromatic heterocycles. The Kier molecular flexibility index (Phi) is 10.7. The predicted octanol–water partition coefficient (Wildman–Crippen LogP) is 0.153. The highest BCUT2D eigenvalue weighted by Crippen LogP contribution is 2.23. The lowest BCUT2D eigenvalue weighted by molar-refractivity contribution is -0.169. The Balaban J connectivity index is 1.81. The van der Waals surface area contributed by atoms with E-state index in [2.05, 4.69) is 10.6 Å². The minimum atomic E-state index is -1.42. The predicted molar refractivity (Wildman–Crippen MR) is 141 cm³/mol. The second kappa shape index (κ2) is 14.4. The third kappa shape index (κ3) is 8.13. The molecule has 1 saturated heterocycles. The van der Waals surface area contributed by atoms with Crippen molar-refractivity contribution in [2.45, 2.75) is 38.0 Å². The lowest BCUT2D eigenvalue weighted by atomic mass is 9.99. The average molecular weight is 553 g/mol. The van der Waals surface area contributed by atoms with E-state index in [1.807, 2.05) is 60.7 Å². The van der Waals surface area contributed by atoms with Crippen LogP contribution in [0.3, 0.4) is 0 Å². The largest absolute Gasteiger partial charge is 0.469 e. The first-order chi connectivity index (χ1) is 19.2. The van der Waals surface area contributed by atoms with Gasteiger partial charge in [-0.05, 0) is 11.1 Å². The van der Waals surface area contributed by atoms with Gasteiger partial charge in [-0.25, -0.2) is 0 Å². The lowest BCUT2D eigenvalue weighted by Crippen LogP contribution is -2.67. The van der Waals surface area contributed by atoms with Gasteiger partial charge in [0.25, 0.3) is 0 Å². The summed E-state index contributed by atoms with van der Waals surface area (Å²) in [6, 6.07) is 15.3. The molecule has 1 aliphatic heterocycles. The van der Waals surface area contributed by atoms with Crippen molar-refractivity contribution >= 4 is 35.6 Å². The summed E-state index contributed by atoms with van der Waals surface area (Å²) < 4.78 is 9.41. The van der Waals surface area contributed by atoms with E-state index in [-0.39, 0.29) is 13.1 Å². The van der Waals surface area contributed by atoms with Crippen molar-refractivity contribution in [2.75, 3.05) is 27.3 Å². The van der Waals surface area contributed by atoms with Crippen molar-refractivity contribution < 1.29 is 38.2 Å². The van der Waals surface area contributed by atoms with Crippen LogP contribution in [0, 0.1) is 0 Å². The zero-order chi connectivity index (χ0) is 29.1. The van der Waals surface area contributed by atoms with E-state index in [4.69, 9.17) is 9.47 Å². The molecule has 4 amide bonds. The molecule has 2 N–H and O–H groups in total. The van der Waals surface area contributed by atoms with Crippen LogP contribution in [0.2, 0.25) is 0 Å². The van der Waals surface area contributed by atoms with Gasteiger partial charge in [0.05, 0.1) is 27.1 Å². The molecule has 2 aromatic carbocycles. The molecule has 212 valence electrons. The Labute approximate surface area is 231 Å². The fraction of sp³-hybridized carbons (Fsp3) is 0.357. The van der Waals surface area contributed by atoms with Gasteiger partial charge in [-0.15, -0.1) is 0 Å². The molecule has 1 fully saturated rings. The van der Waals surface area contributed by atoms with Gasteiger partial charge in [0.2, 0.25) is 23.6 Å². The first-order valence-corrected chi connectivity index (χ1v) is 12.6. The fourth-order valence-corrected chi connectivity index (χ4v) is 4.22. The molecule has 0 bridgehead atoms. The minimum Gasteiger partial charge on any atom is -0.469 e. The van der Waals surface area contributed by atoms with Crippen molar-refractivity contribution in [1.82, 2.24) is 20.4 Å². The lowest BCUT2D eigenvalue weighted by Gasteiger charge is -2.43. The molecule has 12 heteroatoms. The number of carbonyl (C=O) groups excluding carboxylic acids is 6. The highest BCUT2D eigenvalue weighted by Gasteiger charge is 2.48. The number of methoxy groups -OCH3 is 2. The summed E-state index contributed by atoms with van der Waals surface area (Å²) in [6.45, 7) is -0.747. The average Bonchev–Trinajstić information content (AvgIpc) is 2.97. The number of hydrogen-bond donors (Lipinski definition) is 2. The van der Waals surface area contributed by atoms with Crippen molar-refractivity contribution in [2.24, 2.45) is 0 Å². The van der Waals surface area contributed by atoms with E-state index in [9.17, 15) is 28.8 Å². The maximum Gasteiger partial charge on any atom is 0.308 e. The maximum atomic E-state index is 13.6. The van der Waals surface area contributed by atoms with Crippen LogP contribution in [-0.2, 0) is 51.3 Å². The van der Waals surface area contributed by atoms with Crippen LogP contribution in [0.1, 0.15) is 24.0 Å². The molecule has 40 heavy (non-hydrogen) atoms. The van der Waals surface area contributed by atoms with E-state index in [0.29, 0.717) is 0 Å². The van der Waals surface area contributed by atoms with Crippen molar-refractivity contribution in [3.8, 4) is 0 Å². The molecular formula is C28H32N4O8. The van der Waals surface area contributed by atoms with Crippen molar-refractivity contribution in [3.05, 3.63) is 71.8 Å². The molecule has 3 rings (SSSR count). The summed E-state index contributed by atoms with van der Waals surface area (Å²) in [5.74, 6) is -4.28. The van der Waals surface area contributed by atoms with Gasteiger partial charge in [-0.2, -0.15) is 0 Å². The second-order valence-electron chi connectivity index (χ2n) is 9.05. The standard InChI is InChI=1S/C28H32N4O8/c1-39-25(35)13-21-27(37)32(18-24(34)30-16-20-11-7-4-8-12-20)22(14-26(36)40-2)28(38)31(21)17-23(33)29-15-19-9-5-3-6-10-19/h3-12,21-22H,13-18H2,1-2H3,(H,29,33)(H,30,34)/t21-,22-/m0/s1. The third-order valence-corrected chi connectivity index (χ3v) is 6.36. The van der Waals surface area contributed by atoms with Crippen LogP contribution in [0.5, 0.6) is 0 Å². The molecule has 12 nitrogen and oxygen atoms in total. The van der Waals surface area contributed by atoms with Gasteiger partial charge in [-0.1, -0.05) is 60.7 Å². The molecule has 2 atom stereocenters. The normalized spacial score (nSPS) is 16.8. The zero-order valence-electron chi connectivity index (χ0n) is 22.3. The van der Waals surface area contributed by atoms with E-state index in [1.165, 1.54) is 0 Å². The molecule has 0 aliphatic carbocycles. The summed E-state index contributed by atoms with van der Waals surface area (Å²) in [5, 5.41) is 5.36. The van der Waals surface area contributed by atoms with Crippen molar-refractivity contribution in [1.29, 1.82) is 0 Å². The number of nitrogens with zero attached hydrogens (tertiary/aromatic N) is 2. The number of hydrogen-bond acceptors (Lipinski definition) is 8. The van der Waals surface area contributed by atoms with Crippen LogP contribution in [-0.4, -0.2) is 84.8 Å². The van der Waals surface area contributed by atoms with Crippen LogP contribution in [0.15, 0.2) is 60.7 Å². The van der Waals surface area contributed by atoms with Crippen LogP contribution < -0.4 is 10.6 Å². The fourth-order valence-electron chi connectivity index (χ4n) is 4.22. The highest BCUT2D eigenvalue weighted by molar-refractivity contribution is 6.03. The number of ether oxygens (including phenoxy) is 2. The van der Waals surface area contributed by atoms with Gasteiger partial charge in [0.1, 0.15) is 25.2 Å². The Morgan fingerprint density at radius 1 is 0.650 bits per heavy atom. The monoisotopic (exact) mass is 552 g/mol. The second-order valence-corrected chi connectivity index (χ2v) is 9.05. The van der Waals surface area contributed by atoms with E-state index >= 15 is 0 Å². The molecule has 1 aliphatic rings. The minimum absolute atomic E-state index is 0.177. The topological polar surface area (TPSA) is 151 Å². The molecule has 0 unspecified atom stereocenters. The number of rotatable bonds is 12. The number of amides is 4. The van der Waals surface area contributed by atoms with Crippen LogP contribution in [0.4, 0.5) is 0 Å². The van der Waals surface area contributed by atoms with Crippen LogP contribution >= 0.6 is 0 Å². The number of carbonyl (C=O) groups is 6. The van der Waals surface area contributed by atoms with Gasteiger partial charge < -0.3 is 29.9 Å². The maximum absolute atomic E-state index is 13.6. The molecule has 2 aromatic rings. The van der Waals surface area contributed by atoms with Gasteiger partial charge in [0, 0.05) is 13.1 Å². The quantitative estimate of drug-likeness (QED) is 0.353. The van der Waals surface area contributed by atoms with Gasteiger partial charge >= 0.3 is 11.9 Å². The Morgan fingerprint density at radius 2 is 1.00 bits per heavy atom. The van der Waals surface area contributed by atoms with E-state index < -0.39 is 73.6 Å². The smallest absolute Gasteiger partial charge is 0.308 e. The molecule has 0 spiro atoms. The first kappa shape index (κ1) is 29.8. The van der Waals surface area contributed by atoms with Gasteiger partial charge in [-0.3, -0.25) is 28.8 Å². The number of benzene rings is 2. The highest BCUT2D eigenvalue weighted by atomic mass is 16.5. The molecule has 0 radical (unpaired) electrons. The Bertz CT molecular complexity index is 1130. The third-order valence-electron chi connectivity index (χ3n) is 6.36. The van der Waals surface area contributed by atoms with Crippen LogP contribution in [0.25, 0.3) is 0 Å². The first-order valence-electron chi connectivity index (χ1n) is 12.6. The number of piperazine rings is 1. The Morgan fingerprint density at radius 3 is 1.32 bits per heavy atom. The SMILES string of the molecule is COC(=O)C[C@H]1C(=O)N(CC(=O)NCc2ccccc2)[C@@H](CC(=O)OC)C(=O)N1CC(=O)NCc1ccccc1. The van der Waals surface area contributed by atoms with E-state index in [1.54, 1.807) is 0 Å². The van der Waals surface area contributed by atoms with E-state index in [0.717, 1.165) is 35.1 Å². The molecule has 1 heterocycles. The molecular weight excluding hydrogens is 520 g/mol.